The maximum absolute atomic E-state index is 13.4. The van der Waals surface area contributed by atoms with E-state index in [1.807, 2.05) is 0 Å². The van der Waals surface area contributed by atoms with Gasteiger partial charge in [0.05, 0.1) is 6.04 Å². The van der Waals surface area contributed by atoms with Crippen LogP contribution in [0.25, 0.3) is 0 Å². The van der Waals surface area contributed by atoms with E-state index in [-0.39, 0.29) is 12.1 Å². The van der Waals surface area contributed by atoms with E-state index in [4.69, 9.17) is 5.73 Å². The smallest absolute Gasteiger partial charge is 0.194 e. The number of nitrogens with two attached hydrogens (primary N) is 1. The van der Waals surface area contributed by atoms with Crippen LogP contribution < -0.4 is 5.73 Å². The van der Waals surface area contributed by atoms with Crippen LogP contribution in [0.1, 0.15) is 37.3 Å². The van der Waals surface area contributed by atoms with Gasteiger partial charge in [0.2, 0.25) is 0 Å². The van der Waals surface area contributed by atoms with Crippen LogP contribution in [-0.4, -0.2) is 23.5 Å². The summed E-state index contributed by atoms with van der Waals surface area (Å²) < 4.78 is 39.8. The Hall–Kier alpha value is -1.07. The summed E-state index contributed by atoms with van der Waals surface area (Å²) in [6.45, 7) is 0.893. The number of nitrogens with zero attached hydrogens (tertiary/aromatic N) is 1. The molecule has 0 bridgehead atoms. The molecular weight excluding hydrogens is 253 g/mol. The monoisotopic (exact) mass is 270 g/mol. The van der Waals surface area contributed by atoms with Crippen LogP contribution in [0.2, 0.25) is 0 Å². The van der Waals surface area contributed by atoms with Crippen LogP contribution in [0, 0.1) is 17.5 Å². The van der Waals surface area contributed by atoms with Gasteiger partial charge in [0, 0.05) is 12.1 Å². The van der Waals surface area contributed by atoms with Gasteiger partial charge in [-0.3, -0.25) is 4.90 Å². The first kappa shape index (κ1) is 12.9. The summed E-state index contributed by atoms with van der Waals surface area (Å²) in [6, 6.07) is 2.28. The van der Waals surface area contributed by atoms with Gasteiger partial charge >= 0.3 is 0 Å². The molecule has 1 aromatic rings. The van der Waals surface area contributed by atoms with Gasteiger partial charge in [-0.05, 0) is 49.9 Å². The van der Waals surface area contributed by atoms with Crippen molar-refractivity contribution in [3.63, 3.8) is 0 Å². The lowest BCUT2D eigenvalue weighted by Gasteiger charge is -2.40. The van der Waals surface area contributed by atoms with Crippen LogP contribution in [0.15, 0.2) is 12.1 Å². The van der Waals surface area contributed by atoms with E-state index < -0.39 is 17.5 Å². The normalized spacial score (nSPS) is 28.6. The highest BCUT2D eigenvalue weighted by atomic mass is 19.2. The zero-order valence-electron chi connectivity index (χ0n) is 10.6. The third-order valence-electron chi connectivity index (χ3n) is 4.08. The summed E-state index contributed by atoms with van der Waals surface area (Å²) in [7, 11) is 0. The molecule has 3 rings (SSSR count). The highest BCUT2D eigenvalue weighted by Gasteiger charge is 2.39. The first-order valence-corrected chi connectivity index (χ1v) is 6.73. The average molecular weight is 270 g/mol. The largest absolute Gasteiger partial charge is 0.326 e. The van der Waals surface area contributed by atoms with Crippen molar-refractivity contribution >= 4 is 0 Å². The molecule has 5 heteroatoms. The lowest BCUT2D eigenvalue weighted by atomic mass is 9.90. The fraction of sp³-hybridized carbons (Fsp3) is 0.571. The zero-order valence-corrected chi connectivity index (χ0v) is 10.6. The van der Waals surface area contributed by atoms with Crippen molar-refractivity contribution in [3.8, 4) is 0 Å². The number of halogens is 3. The van der Waals surface area contributed by atoms with Crippen LogP contribution in [-0.2, 0) is 0 Å². The van der Waals surface area contributed by atoms with E-state index in [2.05, 4.69) is 4.90 Å². The van der Waals surface area contributed by atoms with E-state index in [1.54, 1.807) is 0 Å². The maximum atomic E-state index is 13.4. The minimum Gasteiger partial charge on any atom is -0.326 e. The number of rotatable bonds is 2. The summed E-state index contributed by atoms with van der Waals surface area (Å²) in [5.74, 6) is -3.68. The molecular formula is C14H17F3N2. The van der Waals surface area contributed by atoms with Crippen LogP contribution in [0.4, 0.5) is 13.2 Å². The van der Waals surface area contributed by atoms with Crippen molar-refractivity contribution in [2.75, 3.05) is 6.54 Å². The Kier molecular flexibility index (Phi) is 3.27. The van der Waals surface area contributed by atoms with Crippen molar-refractivity contribution in [2.24, 2.45) is 5.73 Å². The Morgan fingerprint density at radius 3 is 2.26 bits per heavy atom. The molecule has 19 heavy (non-hydrogen) atoms. The number of likely N-dealkylation sites (tertiary alicyclic amines) is 1. The lowest BCUT2D eigenvalue weighted by molar-refractivity contribution is 0.119. The Bertz CT molecular complexity index is 465. The fourth-order valence-electron chi connectivity index (χ4n) is 3.05. The summed E-state index contributed by atoms with van der Waals surface area (Å²) in [5, 5.41) is 0. The molecule has 104 valence electrons. The average Bonchev–Trinajstić information content (AvgIpc) is 3.19. The lowest BCUT2D eigenvalue weighted by Crippen LogP contribution is -2.46. The predicted molar refractivity (Wildman–Crippen MR) is 66.0 cm³/mol. The van der Waals surface area contributed by atoms with E-state index in [0.29, 0.717) is 11.6 Å². The first-order valence-electron chi connectivity index (χ1n) is 6.73. The van der Waals surface area contributed by atoms with E-state index >= 15 is 0 Å². The van der Waals surface area contributed by atoms with Gasteiger partial charge in [-0.15, -0.1) is 0 Å². The minimum atomic E-state index is -1.41. The van der Waals surface area contributed by atoms with Crippen LogP contribution >= 0.6 is 0 Å². The molecule has 0 radical (unpaired) electrons. The van der Waals surface area contributed by atoms with Crippen molar-refractivity contribution in [1.29, 1.82) is 0 Å². The predicted octanol–water partition coefficient (Wildman–Crippen LogP) is 2.73. The Balaban J connectivity index is 1.97. The molecule has 1 aliphatic heterocycles. The molecule has 2 nitrogen and oxygen atoms in total. The Labute approximate surface area is 110 Å². The van der Waals surface area contributed by atoms with Crippen LogP contribution in [0.5, 0.6) is 0 Å². The van der Waals surface area contributed by atoms with Crippen molar-refractivity contribution in [2.45, 2.75) is 43.8 Å². The molecule has 0 amide bonds. The highest BCUT2D eigenvalue weighted by Crippen LogP contribution is 2.39. The Morgan fingerprint density at radius 1 is 1.05 bits per heavy atom. The molecule has 0 aromatic heterocycles. The number of benzene rings is 1. The number of hydrogen-bond acceptors (Lipinski definition) is 2. The van der Waals surface area contributed by atoms with E-state index in [1.165, 1.54) is 0 Å². The molecule has 1 aliphatic carbocycles. The fourth-order valence-corrected chi connectivity index (χ4v) is 3.05. The SMILES string of the molecule is NC1CCCN(C2CC2)C1c1cc(F)c(F)c(F)c1. The zero-order chi connectivity index (χ0) is 13.6. The summed E-state index contributed by atoms with van der Waals surface area (Å²) in [6.07, 6.45) is 4.04. The van der Waals surface area contributed by atoms with Gasteiger partial charge in [0.25, 0.3) is 0 Å². The van der Waals surface area contributed by atoms with Crippen LogP contribution in [0.3, 0.4) is 0 Å². The second-order valence-corrected chi connectivity index (χ2v) is 5.52. The summed E-state index contributed by atoms with van der Waals surface area (Å²) in [4.78, 5) is 2.22. The van der Waals surface area contributed by atoms with E-state index in [9.17, 15) is 13.2 Å². The van der Waals surface area contributed by atoms with Crippen molar-refractivity contribution in [3.05, 3.63) is 35.1 Å². The Morgan fingerprint density at radius 2 is 1.68 bits per heavy atom. The summed E-state index contributed by atoms with van der Waals surface area (Å²) in [5.41, 5.74) is 6.58. The molecule has 2 unspecified atom stereocenters. The van der Waals surface area contributed by atoms with Gasteiger partial charge < -0.3 is 5.73 Å². The topological polar surface area (TPSA) is 29.3 Å². The number of hydrogen-bond donors (Lipinski definition) is 1. The quantitative estimate of drug-likeness (QED) is 0.837. The van der Waals surface area contributed by atoms with Gasteiger partial charge in [0.15, 0.2) is 17.5 Å². The molecule has 2 aliphatic rings. The van der Waals surface area contributed by atoms with Gasteiger partial charge in [0.1, 0.15) is 0 Å². The molecule has 1 heterocycles. The third-order valence-corrected chi connectivity index (χ3v) is 4.08. The van der Waals surface area contributed by atoms with Gasteiger partial charge in [-0.1, -0.05) is 0 Å². The molecule has 1 saturated carbocycles. The number of piperidine rings is 1. The second-order valence-electron chi connectivity index (χ2n) is 5.52. The first-order chi connectivity index (χ1) is 9.08. The minimum absolute atomic E-state index is 0.154. The molecule has 2 fully saturated rings. The van der Waals surface area contributed by atoms with Crippen molar-refractivity contribution in [1.82, 2.24) is 4.90 Å². The standard InChI is InChI=1S/C14H17F3N2/c15-10-6-8(7-11(16)13(10)17)14-12(18)2-1-5-19(14)9-3-4-9/h6-7,9,12,14H,1-5,18H2. The van der Waals surface area contributed by atoms with Gasteiger partial charge in [-0.25, -0.2) is 13.2 Å². The highest BCUT2D eigenvalue weighted by molar-refractivity contribution is 5.25. The van der Waals surface area contributed by atoms with E-state index in [0.717, 1.165) is 44.4 Å². The third kappa shape index (κ3) is 2.37. The molecule has 1 saturated heterocycles. The molecule has 2 atom stereocenters. The maximum Gasteiger partial charge on any atom is 0.194 e. The molecule has 2 N–H and O–H groups in total. The second kappa shape index (κ2) is 4.80. The summed E-state index contributed by atoms with van der Waals surface area (Å²) >= 11 is 0. The van der Waals surface area contributed by atoms with Crippen molar-refractivity contribution < 1.29 is 13.2 Å². The van der Waals surface area contributed by atoms with Gasteiger partial charge in [-0.2, -0.15) is 0 Å². The molecule has 1 aromatic carbocycles. The molecule has 0 spiro atoms.